The minimum atomic E-state index is 0.550. The summed E-state index contributed by atoms with van der Waals surface area (Å²) in [5.74, 6) is 0. The van der Waals surface area contributed by atoms with E-state index in [0.717, 1.165) is 10.6 Å². The van der Waals surface area contributed by atoms with Crippen molar-refractivity contribution in [1.82, 2.24) is 0 Å². The van der Waals surface area contributed by atoms with E-state index in [1.807, 2.05) is 24.3 Å². The Morgan fingerprint density at radius 3 is 2.70 bits per heavy atom. The van der Waals surface area contributed by atoms with E-state index in [9.17, 15) is 0 Å². The van der Waals surface area contributed by atoms with Crippen molar-refractivity contribution >= 4 is 29.1 Å². The van der Waals surface area contributed by atoms with Crippen LogP contribution in [0.5, 0.6) is 0 Å². The first-order valence-electron chi connectivity index (χ1n) is 2.88. The average Bonchev–Trinajstić information content (AvgIpc) is 1.94. The molecule has 1 nitrogen and oxygen atoms in total. The molecule has 0 aliphatic rings. The van der Waals surface area contributed by atoms with Crippen molar-refractivity contribution in [1.29, 1.82) is 0 Å². The Hall–Kier alpha value is -0.340. The molecule has 2 N–H and O–H groups in total. The van der Waals surface area contributed by atoms with E-state index >= 15 is 0 Å². The SMILES string of the molecule is Nc1ccccc1SCCl. The van der Waals surface area contributed by atoms with Crippen LogP contribution >= 0.6 is 23.4 Å². The minimum absolute atomic E-state index is 0.550. The summed E-state index contributed by atoms with van der Waals surface area (Å²) < 4.78 is 0. The Balaban J connectivity index is 2.81. The second kappa shape index (κ2) is 3.74. The number of benzene rings is 1. The van der Waals surface area contributed by atoms with Crippen molar-refractivity contribution in [2.45, 2.75) is 4.90 Å². The van der Waals surface area contributed by atoms with Gasteiger partial charge < -0.3 is 5.73 Å². The number of para-hydroxylation sites is 1. The Morgan fingerprint density at radius 1 is 1.40 bits per heavy atom. The number of halogens is 1. The second-order valence-corrected chi connectivity index (χ2v) is 3.39. The van der Waals surface area contributed by atoms with Gasteiger partial charge in [0, 0.05) is 10.6 Å². The first kappa shape index (κ1) is 7.76. The van der Waals surface area contributed by atoms with Crippen molar-refractivity contribution in [3.8, 4) is 0 Å². The van der Waals surface area contributed by atoms with Gasteiger partial charge in [-0.25, -0.2) is 0 Å². The summed E-state index contributed by atoms with van der Waals surface area (Å²) >= 11 is 7.06. The van der Waals surface area contributed by atoms with Crippen LogP contribution < -0.4 is 5.73 Å². The van der Waals surface area contributed by atoms with Crippen LogP contribution in [0.1, 0.15) is 0 Å². The quantitative estimate of drug-likeness (QED) is 0.423. The maximum absolute atomic E-state index is 5.63. The van der Waals surface area contributed by atoms with Gasteiger partial charge in [0.15, 0.2) is 0 Å². The van der Waals surface area contributed by atoms with Crippen LogP contribution in [0.4, 0.5) is 5.69 Å². The molecule has 0 heterocycles. The number of hydrogen-bond donors (Lipinski definition) is 1. The predicted molar refractivity (Wildman–Crippen MR) is 47.4 cm³/mol. The summed E-state index contributed by atoms with van der Waals surface area (Å²) in [4.78, 5) is 1.05. The van der Waals surface area contributed by atoms with Gasteiger partial charge in [0.2, 0.25) is 0 Å². The van der Waals surface area contributed by atoms with E-state index in [1.165, 1.54) is 0 Å². The van der Waals surface area contributed by atoms with Crippen LogP contribution in [0.3, 0.4) is 0 Å². The number of nitrogen functional groups attached to an aromatic ring is 1. The van der Waals surface area contributed by atoms with Crippen LogP contribution in [-0.4, -0.2) is 5.21 Å². The van der Waals surface area contributed by atoms with E-state index in [2.05, 4.69) is 0 Å². The lowest BCUT2D eigenvalue weighted by Crippen LogP contribution is -1.86. The van der Waals surface area contributed by atoms with Gasteiger partial charge in [0.1, 0.15) is 0 Å². The van der Waals surface area contributed by atoms with Gasteiger partial charge in [0.25, 0.3) is 0 Å². The minimum Gasteiger partial charge on any atom is -0.398 e. The molecule has 54 valence electrons. The van der Waals surface area contributed by atoms with Gasteiger partial charge in [-0.2, -0.15) is 0 Å². The van der Waals surface area contributed by atoms with Crippen molar-refractivity contribution < 1.29 is 0 Å². The largest absolute Gasteiger partial charge is 0.398 e. The van der Waals surface area contributed by atoms with E-state index in [1.54, 1.807) is 11.8 Å². The third-order valence-corrected chi connectivity index (χ3v) is 2.25. The topological polar surface area (TPSA) is 26.0 Å². The lowest BCUT2D eigenvalue weighted by Gasteiger charge is -1.99. The molecule has 0 bridgehead atoms. The zero-order valence-electron chi connectivity index (χ0n) is 5.38. The number of rotatable bonds is 2. The van der Waals surface area contributed by atoms with Gasteiger partial charge in [-0.3, -0.25) is 0 Å². The van der Waals surface area contributed by atoms with E-state index in [4.69, 9.17) is 17.3 Å². The van der Waals surface area contributed by atoms with Crippen molar-refractivity contribution in [2.75, 3.05) is 10.9 Å². The molecular weight excluding hydrogens is 166 g/mol. The molecule has 10 heavy (non-hydrogen) atoms. The first-order valence-corrected chi connectivity index (χ1v) is 4.40. The van der Waals surface area contributed by atoms with Crippen LogP contribution in [0.2, 0.25) is 0 Å². The molecule has 1 aromatic carbocycles. The highest BCUT2D eigenvalue weighted by atomic mass is 35.5. The van der Waals surface area contributed by atoms with Gasteiger partial charge in [-0.05, 0) is 12.1 Å². The van der Waals surface area contributed by atoms with Crippen LogP contribution in [0, 0.1) is 0 Å². The van der Waals surface area contributed by atoms with Crippen LogP contribution in [0.25, 0.3) is 0 Å². The molecule has 0 saturated heterocycles. The maximum Gasteiger partial charge on any atom is 0.0728 e. The maximum atomic E-state index is 5.63. The number of anilines is 1. The highest BCUT2D eigenvalue weighted by Crippen LogP contribution is 2.24. The zero-order valence-corrected chi connectivity index (χ0v) is 6.95. The molecule has 0 amide bonds. The molecule has 0 aliphatic carbocycles. The number of nitrogens with two attached hydrogens (primary N) is 1. The Kier molecular flexibility index (Phi) is 2.90. The molecule has 0 aromatic heterocycles. The lowest BCUT2D eigenvalue weighted by atomic mass is 10.3. The summed E-state index contributed by atoms with van der Waals surface area (Å²) in [6, 6.07) is 7.69. The second-order valence-electron chi connectivity index (χ2n) is 1.79. The molecule has 1 rings (SSSR count). The fourth-order valence-electron chi connectivity index (χ4n) is 0.671. The molecule has 1 aromatic rings. The summed E-state index contributed by atoms with van der Waals surface area (Å²) in [6.07, 6.45) is 0. The van der Waals surface area contributed by atoms with Gasteiger partial charge in [-0.1, -0.05) is 12.1 Å². The number of hydrogen-bond acceptors (Lipinski definition) is 2. The molecule has 0 fully saturated rings. The monoisotopic (exact) mass is 173 g/mol. The van der Waals surface area contributed by atoms with Crippen LogP contribution in [-0.2, 0) is 0 Å². The Bertz CT molecular complexity index is 215. The fraction of sp³-hybridized carbons (Fsp3) is 0.143. The highest BCUT2D eigenvalue weighted by molar-refractivity contribution is 8.00. The molecule has 0 unspecified atom stereocenters. The first-order chi connectivity index (χ1) is 4.84. The number of alkyl halides is 1. The van der Waals surface area contributed by atoms with Gasteiger partial charge in [0.05, 0.1) is 5.21 Å². The zero-order chi connectivity index (χ0) is 7.40. The summed E-state index contributed by atoms with van der Waals surface area (Å²) in [5.41, 5.74) is 6.43. The summed E-state index contributed by atoms with van der Waals surface area (Å²) in [7, 11) is 0. The average molecular weight is 174 g/mol. The van der Waals surface area contributed by atoms with E-state index in [-0.39, 0.29) is 0 Å². The summed E-state index contributed by atoms with van der Waals surface area (Å²) in [6.45, 7) is 0. The standard InChI is InChI=1S/C7H8ClNS/c8-5-10-7-4-2-1-3-6(7)9/h1-4H,5,9H2. The smallest absolute Gasteiger partial charge is 0.0728 e. The molecular formula is C7H8ClNS. The predicted octanol–water partition coefficient (Wildman–Crippen LogP) is 2.56. The third-order valence-electron chi connectivity index (χ3n) is 1.13. The molecule has 0 saturated carbocycles. The van der Waals surface area contributed by atoms with Crippen molar-refractivity contribution in [3.63, 3.8) is 0 Å². The normalized spacial score (nSPS) is 9.70. The Labute approximate surface area is 69.6 Å². The van der Waals surface area contributed by atoms with E-state index in [0.29, 0.717) is 5.21 Å². The Morgan fingerprint density at radius 2 is 2.10 bits per heavy atom. The lowest BCUT2D eigenvalue weighted by molar-refractivity contribution is 1.47. The van der Waals surface area contributed by atoms with Crippen LogP contribution in [0.15, 0.2) is 29.2 Å². The molecule has 0 spiro atoms. The molecule has 0 radical (unpaired) electrons. The molecule has 0 atom stereocenters. The number of thioether (sulfide) groups is 1. The molecule has 0 aliphatic heterocycles. The fourth-order valence-corrected chi connectivity index (χ4v) is 1.55. The van der Waals surface area contributed by atoms with Crippen molar-refractivity contribution in [2.24, 2.45) is 0 Å². The summed E-state index contributed by atoms with van der Waals surface area (Å²) in [5, 5.41) is 0.550. The van der Waals surface area contributed by atoms with Crippen molar-refractivity contribution in [3.05, 3.63) is 24.3 Å². The van der Waals surface area contributed by atoms with E-state index < -0.39 is 0 Å². The van der Waals surface area contributed by atoms with Gasteiger partial charge in [-0.15, -0.1) is 23.4 Å². The van der Waals surface area contributed by atoms with Gasteiger partial charge >= 0.3 is 0 Å². The highest BCUT2D eigenvalue weighted by Gasteiger charge is 1.94. The third kappa shape index (κ3) is 1.82. The molecule has 3 heteroatoms.